The van der Waals surface area contributed by atoms with Crippen LogP contribution in [0.15, 0.2) is 36.4 Å². The van der Waals surface area contributed by atoms with Gasteiger partial charge >= 0.3 is 0 Å². The van der Waals surface area contributed by atoms with Crippen LogP contribution in [0.3, 0.4) is 0 Å². The van der Waals surface area contributed by atoms with E-state index in [2.05, 4.69) is 11.4 Å². The number of methoxy groups -OCH3 is 4. The second kappa shape index (κ2) is 10.4. The predicted octanol–water partition coefficient (Wildman–Crippen LogP) is 4.45. The molecule has 0 aromatic heterocycles. The van der Waals surface area contributed by atoms with Crippen molar-refractivity contribution in [3.63, 3.8) is 0 Å². The first kappa shape index (κ1) is 25.2. The van der Waals surface area contributed by atoms with Gasteiger partial charge in [0.05, 0.1) is 40.0 Å². The highest BCUT2D eigenvalue weighted by molar-refractivity contribution is 5.89. The lowest BCUT2D eigenvalue weighted by Crippen LogP contribution is -2.58. The Labute approximate surface area is 208 Å². The van der Waals surface area contributed by atoms with Crippen LogP contribution in [0, 0.1) is 0 Å². The average Bonchev–Trinajstić information content (AvgIpc) is 3.59. The van der Waals surface area contributed by atoms with E-state index in [-0.39, 0.29) is 11.3 Å². The topological polar surface area (TPSA) is 92.0 Å². The Kier molecular flexibility index (Phi) is 7.45. The number of ether oxygens (including phenoxy) is 4. The van der Waals surface area contributed by atoms with Gasteiger partial charge < -0.3 is 30.0 Å². The minimum atomic E-state index is -0.630. The van der Waals surface area contributed by atoms with E-state index in [0.29, 0.717) is 23.0 Å². The van der Waals surface area contributed by atoms with Crippen molar-refractivity contribution in [3.8, 4) is 23.0 Å². The van der Waals surface area contributed by atoms with Crippen molar-refractivity contribution in [2.24, 2.45) is 5.73 Å². The molecular weight excluding hydrogens is 444 g/mol. The van der Waals surface area contributed by atoms with Gasteiger partial charge in [0.15, 0.2) is 23.0 Å². The number of hydrogen-bond donors (Lipinski definition) is 2. The van der Waals surface area contributed by atoms with E-state index in [9.17, 15) is 4.79 Å². The van der Waals surface area contributed by atoms with Gasteiger partial charge in [-0.25, -0.2) is 0 Å². The smallest absolute Gasteiger partial charge is 0.231 e. The van der Waals surface area contributed by atoms with Crippen LogP contribution in [0.25, 0.3) is 0 Å². The highest BCUT2D eigenvalue weighted by atomic mass is 16.5. The van der Waals surface area contributed by atoms with Gasteiger partial charge in [-0.2, -0.15) is 0 Å². The SMILES string of the molecule is COc1ccc(C2(C(=O)NC(N)C3(c4ccc(OC)c(OC)c4)CCCC3)CCCC2)cc1OC. The summed E-state index contributed by atoms with van der Waals surface area (Å²) in [5.74, 6) is 2.63. The average molecular weight is 483 g/mol. The molecule has 0 radical (unpaired) electrons. The third-order valence-electron chi connectivity index (χ3n) is 8.16. The lowest BCUT2D eigenvalue weighted by Gasteiger charge is -2.39. The molecule has 3 N–H and O–H groups in total. The summed E-state index contributed by atoms with van der Waals surface area (Å²) in [7, 11) is 6.50. The molecule has 2 aromatic rings. The van der Waals surface area contributed by atoms with Gasteiger partial charge in [0.25, 0.3) is 0 Å². The number of benzene rings is 2. The summed E-state index contributed by atoms with van der Waals surface area (Å²) in [5.41, 5.74) is 7.91. The molecule has 1 unspecified atom stereocenters. The van der Waals surface area contributed by atoms with Crippen LogP contribution in [-0.2, 0) is 15.6 Å². The summed E-state index contributed by atoms with van der Waals surface area (Å²) in [6.07, 6.45) is 7.00. The second-order valence-corrected chi connectivity index (χ2v) is 9.74. The maximum atomic E-state index is 14.0. The molecule has 2 saturated carbocycles. The molecule has 7 nitrogen and oxygen atoms in total. The first-order valence-electron chi connectivity index (χ1n) is 12.5. The van der Waals surface area contributed by atoms with Crippen LogP contribution in [0.5, 0.6) is 23.0 Å². The van der Waals surface area contributed by atoms with E-state index in [4.69, 9.17) is 24.7 Å². The van der Waals surface area contributed by atoms with Crippen molar-refractivity contribution in [1.29, 1.82) is 0 Å². The van der Waals surface area contributed by atoms with Crippen LogP contribution in [0.1, 0.15) is 62.5 Å². The Morgan fingerprint density at radius 1 is 0.743 bits per heavy atom. The summed E-state index contributed by atoms with van der Waals surface area (Å²) in [4.78, 5) is 14.0. The zero-order chi connectivity index (χ0) is 25.1. The number of carbonyl (C=O) groups excluding carboxylic acids is 1. The molecule has 0 bridgehead atoms. The minimum Gasteiger partial charge on any atom is -0.493 e. The van der Waals surface area contributed by atoms with Crippen molar-refractivity contribution < 1.29 is 23.7 Å². The fourth-order valence-corrected chi connectivity index (χ4v) is 6.11. The van der Waals surface area contributed by atoms with Crippen molar-refractivity contribution in [1.82, 2.24) is 5.32 Å². The summed E-state index contributed by atoms with van der Waals surface area (Å²) in [6.45, 7) is 0. The Morgan fingerprint density at radius 2 is 1.20 bits per heavy atom. The van der Waals surface area contributed by atoms with Crippen molar-refractivity contribution in [2.75, 3.05) is 28.4 Å². The molecule has 1 atom stereocenters. The van der Waals surface area contributed by atoms with Crippen LogP contribution >= 0.6 is 0 Å². The Balaban J connectivity index is 1.65. The van der Waals surface area contributed by atoms with Gasteiger partial charge in [-0.1, -0.05) is 37.8 Å². The van der Waals surface area contributed by atoms with Gasteiger partial charge in [0.2, 0.25) is 5.91 Å². The van der Waals surface area contributed by atoms with Crippen molar-refractivity contribution in [3.05, 3.63) is 47.5 Å². The second-order valence-electron chi connectivity index (χ2n) is 9.74. The molecule has 2 aromatic carbocycles. The molecule has 2 aliphatic carbocycles. The quantitative estimate of drug-likeness (QED) is 0.513. The summed E-state index contributed by atoms with van der Waals surface area (Å²) < 4.78 is 21.9. The van der Waals surface area contributed by atoms with E-state index in [1.807, 2.05) is 30.3 Å². The highest BCUT2D eigenvalue weighted by Gasteiger charge is 2.47. The number of carbonyl (C=O) groups is 1. The standard InChI is InChI=1S/C28H38N2O5/c1-32-21-11-9-19(17-23(21)34-3)27(13-5-6-14-27)25(29)30-26(31)28(15-7-8-16-28)20-10-12-22(33-2)24(18-20)35-4/h9-12,17-18,25H,5-8,13-16,29H2,1-4H3,(H,30,31). The molecule has 0 spiro atoms. The molecule has 2 aliphatic rings. The molecule has 1 amide bonds. The van der Waals surface area contributed by atoms with E-state index in [1.54, 1.807) is 28.4 Å². The third kappa shape index (κ3) is 4.42. The Bertz CT molecular complexity index is 1040. The third-order valence-corrected chi connectivity index (χ3v) is 8.16. The zero-order valence-electron chi connectivity index (χ0n) is 21.3. The maximum Gasteiger partial charge on any atom is 0.231 e. The summed E-state index contributed by atoms with van der Waals surface area (Å²) in [5, 5.41) is 3.27. The number of hydrogen-bond acceptors (Lipinski definition) is 6. The molecule has 7 heteroatoms. The number of rotatable bonds is 9. The van der Waals surface area contributed by atoms with Crippen LogP contribution in [-0.4, -0.2) is 40.5 Å². The monoisotopic (exact) mass is 482 g/mol. The van der Waals surface area contributed by atoms with E-state index >= 15 is 0 Å². The van der Waals surface area contributed by atoms with Crippen LogP contribution in [0.2, 0.25) is 0 Å². The summed E-state index contributed by atoms with van der Waals surface area (Å²) >= 11 is 0. The lowest BCUT2D eigenvalue weighted by atomic mass is 9.74. The highest BCUT2D eigenvalue weighted by Crippen LogP contribution is 2.47. The first-order valence-corrected chi connectivity index (χ1v) is 12.5. The molecule has 0 saturated heterocycles. The number of amides is 1. The van der Waals surface area contributed by atoms with Gasteiger partial charge in [0.1, 0.15) is 0 Å². The number of nitrogens with one attached hydrogen (secondary N) is 1. The molecular formula is C28H38N2O5. The van der Waals surface area contributed by atoms with E-state index < -0.39 is 11.6 Å². The van der Waals surface area contributed by atoms with Gasteiger partial charge in [0, 0.05) is 5.41 Å². The number of nitrogens with two attached hydrogens (primary N) is 1. The normalized spacial score (nSPS) is 19.1. The molecule has 2 fully saturated rings. The fraction of sp³-hybridized carbons (Fsp3) is 0.536. The minimum absolute atomic E-state index is 0.0125. The fourth-order valence-electron chi connectivity index (χ4n) is 6.11. The van der Waals surface area contributed by atoms with Gasteiger partial charge in [-0.15, -0.1) is 0 Å². The predicted molar refractivity (Wildman–Crippen MR) is 136 cm³/mol. The van der Waals surface area contributed by atoms with Crippen molar-refractivity contribution in [2.45, 2.75) is 68.4 Å². The molecule has 190 valence electrons. The molecule has 35 heavy (non-hydrogen) atoms. The molecule has 0 aliphatic heterocycles. The Morgan fingerprint density at radius 3 is 1.71 bits per heavy atom. The Hall–Kier alpha value is -2.93. The summed E-state index contributed by atoms with van der Waals surface area (Å²) in [6, 6.07) is 11.8. The van der Waals surface area contributed by atoms with Gasteiger partial charge in [-0.3, -0.25) is 4.79 Å². The molecule has 4 rings (SSSR count). The first-order chi connectivity index (χ1) is 16.9. The molecule has 0 heterocycles. The maximum absolute atomic E-state index is 14.0. The van der Waals surface area contributed by atoms with Crippen molar-refractivity contribution >= 4 is 5.91 Å². The van der Waals surface area contributed by atoms with Crippen LogP contribution in [0.4, 0.5) is 0 Å². The van der Waals surface area contributed by atoms with E-state index in [0.717, 1.165) is 62.5 Å². The van der Waals surface area contributed by atoms with Crippen LogP contribution < -0.4 is 30.0 Å². The zero-order valence-corrected chi connectivity index (χ0v) is 21.3. The lowest BCUT2D eigenvalue weighted by molar-refractivity contribution is -0.128. The van der Waals surface area contributed by atoms with Gasteiger partial charge in [-0.05, 0) is 61.1 Å². The largest absolute Gasteiger partial charge is 0.493 e. The van der Waals surface area contributed by atoms with E-state index in [1.165, 1.54) is 0 Å².